The number of carbonyl (C=O) groups excluding carboxylic acids is 2. The fourth-order valence-corrected chi connectivity index (χ4v) is 3.77. The first-order chi connectivity index (χ1) is 12.7. The van der Waals surface area contributed by atoms with E-state index in [0.29, 0.717) is 6.42 Å². The van der Waals surface area contributed by atoms with Gasteiger partial charge in [0.15, 0.2) is 15.6 Å². The van der Waals surface area contributed by atoms with Gasteiger partial charge < -0.3 is 20.1 Å². The Morgan fingerprint density at radius 1 is 1.37 bits per heavy atom. The van der Waals surface area contributed by atoms with Crippen LogP contribution in [0.3, 0.4) is 0 Å². The number of hydrogen-bond donors (Lipinski definition) is 2. The Balaban J connectivity index is 2.43. The van der Waals surface area contributed by atoms with E-state index in [-0.39, 0.29) is 29.2 Å². The van der Waals surface area contributed by atoms with Gasteiger partial charge >= 0.3 is 12.6 Å². The van der Waals surface area contributed by atoms with Gasteiger partial charge in [-0.2, -0.15) is 8.78 Å². The highest BCUT2D eigenvalue weighted by Gasteiger charge is 2.35. The molecule has 1 heterocycles. The van der Waals surface area contributed by atoms with Crippen LogP contribution in [0.4, 0.5) is 20.2 Å². The second kappa shape index (κ2) is 8.70. The summed E-state index contributed by atoms with van der Waals surface area (Å²) in [5.74, 6) is -2.42. The molecule has 8 nitrogen and oxygen atoms in total. The number of hydrogen-bond acceptors (Lipinski definition) is 7. The lowest BCUT2D eigenvalue weighted by atomic mass is 10.1. The largest absolute Gasteiger partial charge is 0.465 e. The van der Waals surface area contributed by atoms with E-state index >= 15 is 0 Å². The molecule has 1 atom stereocenters. The number of anilines is 2. The van der Waals surface area contributed by atoms with Gasteiger partial charge in [0.05, 0.1) is 29.4 Å². The number of rotatable bonds is 8. The van der Waals surface area contributed by atoms with Gasteiger partial charge in [0.2, 0.25) is 5.91 Å². The van der Waals surface area contributed by atoms with Gasteiger partial charge in [-0.25, -0.2) is 13.2 Å². The van der Waals surface area contributed by atoms with Crippen molar-refractivity contribution in [2.75, 3.05) is 35.9 Å². The lowest BCUT2D eigenvalue weighted by Gasteiger charge is -2.27. The first kappa shape index (κ1) is 21.2. The Morgan fingerprint density at radius 2 is 2.07 bits per heavy atom. The number of alkyl halides is 3. The normalized spacial score (nSPS) is 17.7. The van der Waals surface area contributed by atoms with Gasteiger partial charge in [0.25, 0.3) is 0 Å². The van der Waals surface area contributed by atoms with Gasteiger partial charge in [-0.15, -0.1) is 11.6 Å². The molecular weight excluding hydrogens is 410 g/mol. The van der Waals surface area contributed by atoms with Gasteiger partial charge in [-0.05, 0) is 18.6 Å². The predicted octanol–water partition coefficient (Wildman–Crippen LogP) is 1.85. The van der Waals surface area contributed by atoms with Gasteiger partial charge in [0.1, 0.15) is 11.6 Å². The monoisotopic (exact) mass is 426 g/mol. The molecule has 1 aliphatic heterocycles. The second-order valence-electron chi connectivity index (χ2n) is 5.61. The third-order valence-electron chi connectivity index (χ3n) is 3.88. The number of halogens is 3. The van der Waals surface area contributed by atoms with E-state index < -0.39 is 45.2 Å². The van der Waals surface area contributed by atoms with Crippen molar-refractivity contribution in [3.63, 3.8) is 0 Å². The Labute approximate surface area is 159 Å². The molecule has 2 rings (SSSR count). The summed E-state index contributed by atoms with van der Waals surface area (Å²) in [4.78, 5) is 23.5. The standard InChI is InChI=1S/C15H17ClF2N2O6S/c1-25-14(22)8-4-10(19-7-9-2-3-27(9,23)24)13(20-12(21)6-16)11(5-8)26-15(17)18/h4-5,9,15,19H,2-3,6-7H2,1H3,(H,20,21)/t9-/m0/s1. The fraction of sp³-hybridized carbons (Fsp3) is 0.467. The summed E-state index contributed by atoms with van der Waals surface area (Å²) in [6, 6.07) is 2.21. The van der Waals surface area contributed by atoms with Crippen molar-refractivity contribution < 1.29 is 36.3 Å². The van der Waals surface area contributed by atoms with E-state index in [1.807, 2.05) is 0 Å². The number of methoxy groups -OCH3 is 1. The maximum atomic E-state index is 12.8. The van der Waals surface area contributed by atoms with Gasteiger partial charge in [0, 0.05) is 6.54 Å². The molecule has 27 heavy (non-hydrogen) atoms. The van der Waals surface area contributed by atoms with Crippen LogP contribution in [0.25, 0.3) is 0 Å². The molecule has 0 radical (unpaired) electrons. The molecule has 1 amide bonds. The van der Waals surface area contributed by atoms with E-state index in [1.165, 1.54) is 6.07 Å². The van der Waals surface area contributed by atoms with Crippen LogP contribution in [0.1, 0.15) is 16.8 Å². The van der Waals surface area contributed by atoms with Crippen molar-refractivity contribution >= 4 is 44.7 Å². The summed E-state index contributed by atoms with van der Waals surface area (Å²) in [5.41, 5.74) is -0.296. The molecule has 12 heteroatoms. The summed E-state index contributed by atoms with van der Waals surface area (Å²) in [6.45, 7) is -3.27. The number of sulfone groups is 1. The molecule has 1 aromatic rings. The maximum absolute atomic E-state index is 12.8. The summed E-state index contributed by atoms with van der Waals surface area (Å²) in [7, 11) is -2.10. The number of ether oxygens (including phenoxy) is 2. The van der Waals surface area contributed by atoms with Crippen molar-refractivity contribution in [1.29, 1.82) is 0 Å². The van der Waals surface area contributed by atoms with Crippen molar-refractivity contribution in [3.8, 4) is 5.75 Å². The highest BCUT2D eigenvalue weighted by atomic mass is 35.5. The third kappa shape index (κ3) is 5.19. The van der Waals surface area contributed by atoms with Crippen LogP contribution in [0, 0.1) is 0 Å². The van der Waals surface area contributed by atoms with Crippen molar-refractivity contribution in [1.82, 2.24) is 0 Å². The number of amides is 1. The van der Waals surface area contributed by atoms with E-state index in [0.717, 1.165) is 13.2 Å². The van der Waals surface area contributed by atoms with Crippen LogP contribution in [0.5, 0.6) is 5.75 Å². The lowest BCUT2D eigenvalue weighted by molar-refractivity contribution is -0.114. The first-order valence-electron chi connectivity index (χ1n) is 7.70. The Kier molecular flexibility index (Phi) is 6.82. The van der Waals surface area contributed by atoms with Crippen molar-refractivity contribution in [2.45, 2.75) is 18.3 Å². The van der Waals surface area contributed by atoms with Gasteiger partial charge in [-0.3, -0.25) is 4.79 Å². The highest BCUT2D eigenvalue weighted by Crippen LogP contribution is 2.36. The number of esters is 1. The third-order valence-corrected chi connectivity index (χ3v) is 6.34. The van der Waals surface area contributed by atoms with Crippen LogP contribution in [-0.4, -0.2) is 57.4 Å². The smallest absolute Gasteiger partial charge is 0.387 e. The fourth-order valence-electron chi connectivity index (χ4n) is 2.41. The summed E-state index contributed by atoms with van der Waals surface area (Å²) in [6.07, 6.45) is 0.440. The number of benzene rings is 1. The summed E-state index contributed by atoms with van der Waals surface area (Å²) < 4.78 is 57.8. The van der Waals surface area contributed by atoms with Gasteiger partial charge in [-0.1, -0.05) is 0 Å². The van der Waals surface area contributed by atoms with Crippen LogP contribution in [0.15, 0.2) is 12.1 Å². The SMILES string of the molecule is COC(=O)c1cc(NC[C@@H]2CCS2(=O)=O)c(NC(=O)CCl)c(OC(F)F)c1. The summed E-state index contributed by atoms with van der Waals surface area (Å²) >= 11 is 5.44. The minimum Gasteiger partial charge on any atom is -0.465 e. The molecular formula is C15H17ClF2N2O6S. The number of carbonyl (C=O) groups is 2. The summed E-state index contributed by atoms with van der Waals surface area (Å²) in [5, 5.41) is 4.41. The lowest BCUT2D eigenvalue weighted by Crippen LogP contribution is -2.41. The highest BCUT2D eigenvalue weighted by molar-refractivity contribution is 7.93. The molecule has 0 unspecified atom stereocenters. The Hall–Kier alpha value is -2.14. The molecule has 1 aromatic carbocycles. The van der Waals surface area contributed by atoms with Crippen molar-refractivity contribution in [3.05, 3.63) is 17.7 Å². The zero-order valence-electron chi connectivity index (χ0n) is 14.1. The van der Waals surface area contributed by atoms with E-state index in [4.69, 9.17) is 11.6 Å². The molecule has 0 aromatic heterocycles. The van der Waals surface area contributed by atoms with Crippen LogP contribution in [-0.2, 0) is 19.4 Å². The average Bonchev–Trinajstić information content (AvgIpc) is 2.61. The van der Waals surface area contributed by atoms with E-state index in [9.17, 15) is 26.8 Å². The molecule has 0 saturated carbocycles. The molecule has 1 aliphatic rings. The minimum absolute atomic E-state index is 0.0223. The molecule has 0 bridgehead atoms. The molecule has 0 spiro atoms. The first-order valence-corrected chi connectivity index (χ1v) is 9.95. The van der Waals surface area contributed by atoms with E-state index in [1.54, 1.807) is 0 Å². The van der Waals surface area contributed by atoms with Crippen LogP contribution < -0.4 is 15.4 Å². The zero-order chi connectivity index (χ0) is 20.2. The molecule has 150 valence electrons. The van der Waals surface area contributed by atoms with Crippen LogP contribution in [0.2, 0.25) is 0 Å². The maximum Gasteiger partial charge on any atom is 0.387 e. The molecule has 1 fully saturated rings. The van der Waals surface area contributed by atoms with Crippen molar-refractivity contribution in [2.24, 2.45) is 0 Å². The number of nitrogens with one attached hydrogen (secondary N) is 2. The predicted molar refractivity (Wildman–Crippen MR) is 94.4 cm³/mol. The van der Waals surface area contributed by atoms with E-state index in [2.05, 4.69) is 20.1 Å². The molecule has 0 aliphatic carbocycles. The quantitative estimate of drug-likeness (QED) is 0.482. The Bertz CT molecular complexity index is 834. The molecule has 1 saturated heterocycles. The second-order valence-corrected chi connectivity index (χ2v) is 8.28. The minimum atomic E-state index is -3.23. The molecule has 2 N–H and O–H groups in total. The topological polar surface area (TPSA) is 111 Å². The van der Waals surface area contributed by atoms with Crippen LogP contribution >= 0.6 is 11.6 Å². The Morgan fingerprint density at radius 3 is 2.56 bits per heavy atom. The average molecular weight is 427 g/mol. The zero-order valence-corrected chi connectivity index (χ0v) is 15.7.